The Morgan fingerprint density at radius 1 is 1.21 bits per heavy atom. The summed E-state index contributed by atoms with van der Waals surface area (Å²) in [6.07, 6.45) is 4.02. The number of nitrogens with one attached hydrogen (secondary N) is 1. The molecule has 1 N–H and O–H groups in total. The molecule has 0 aromatic carbocycles. The van der Waals surface area contributed by atoms with Gasteiger partial charge in [-0.05, 0) is 31.1 Å². The third-order valence-corrected chi connectivity index (χ3v) is 3.79. The number of fused-ring (bicyclic) bond motifs is 1. The SMILES string of the molecule is Cl.O=C1CNCCN1C1C[C@@H]2C[C@@H]2C1. The molecular formula is C10H17ClN2O. The fraction of sp³-hybridized carbons (Fsp3) is 0.900. The third-order valence-electron chi connectivity index (χ3n) is 3.79. The molecular weight excluding hydrogens is 200 g/mol. The summed E-state index contributed by atoms with van der Waals surface area (Å²) in [5, 5.41) is 3.12. The Morgan fingerprint density at radius 3 is 2.57 bits per heavy atom. The van der Waals surface area contributed by atoms with E-state index in [1.165, 1.54) is 19.3 Å². The lowest BCUT2D eigenvalue weighted by molar-refractivity contribution is -0.134. The molecule has 1 aliphatic heterocycles. The van der Waals surface area contributed by atoms with Crippen LogP contribution in [0.15, 0.2) is 0 Å². The number of halogens is 1. The summed E-state index contributed by atoms with van der Waals surface area (Å²) in [7, 11) is 0. The molecule has 80 valence electrons. The van der Waals surface area contributed by atoms with Gasteiger partial charge in [-0.25, -0.2) is 0 Å². The van der Waals surface area contributed by atoms with E-state index in [9.17, 15) is 4.79 Å². The van der Waals surface area contributed by atoms with E-state index in [1.807, 2.05) is 0 Å². The maximum atomic E-state index is 11.6. The van der Waals surface area contributed by atoms with Gasteiger partial charge in [0.1, 0.15) is 0 Å². The molecule has 0 bridgehead atoms. The molecule has 1 unspecified atom stereocenters. The molecule has 2 saturated carbocycles. The fourth-order valence-corrected chi connectivity index (χ4v) is 2.94. The lowest BCUT2D eigenvalue weighted by Crippen LogP contribution is -2.52. The minimum atomic E-state index is 0. The molecule has 4 heteroatoms. The molecule has 3 fully saturated rings. The minimum Gasteiger partial charge on any atom is -0.337 e. The van der Waals surface area contributed by atoms with Crippen LogP contribution in [-0.2, 0) is 4.79 Å². The summed E-state index contributed by atoms with van der Waals surface area (Å²) in [6.45, 7) is 2.48. The highest BCUT2D eigenvalue weighted by Gasteiger charge is 2.48. The summed E-state index contributed by atoms with van der Waals surface area (Å²) < 4.78 is 0. The zero-order chi connectivity index (χ0) is 8.84. The van der Waals surface area contributed by atoms with Gasteiger partial charge in [0.15, 0.2) is 0 Å². The van der Waals surface area contributed by atoms with E-state index in [2.05, 4.69) is 10.2 Å². The zero-order valence-electron chi connectivity index (χ0n) is 8.24. The Morgan fingerprint density at radius 2 is 1.93 bits per heavy atom. The second-order valence-electron chi connectivity index (χ2n) is 4.64. The molecule has 0 radical (unpaired) electrons. The Labute approximate surface area is 90.6 Å². The van der Waals surface area contributed by atoms with Crippen LogP contribution in [0.1, 0.15) is 19.3 Å². The van der Waals surface area contributed by atoms with Crippen molar-refractivity contribution in [3.63, 3.8) is 0 Å². The Bertz CT molecular complexity index is 236. The van der Waals surface area contributed by atoms with Gasteiger partial charge in [-0.1, -0.05) is 0 Å². The lowest BCUT2D eigenvalue weighted by atomic mass is 10.1. The lowest BCUT2D eigenvalue weighted by Gasteiger charge is -2.33. The molecule has 1 saturated heterocycles. The van der Waals surface area contributed by atoms with Crippen molar-refractivity contribution in [1.29, 1.82) is 0 Å². The van der Waals surface area contributed by atoms with Gasteiger partial charge in [-0.3, -0.25) is 4.79 Å². The smallest absolute Gasteiger partial charge is 0.236 e. The molecule has 1 amide bonds. The van der Waals surface area contributed by atoms with Crippen LogP contribution in [0, 0.1) is 11.8 Å². The van der Waals surface area contributed by atoms with Crippen molar-refractivity contribution in [2.75, 3.05) is 19.6 Å². The Hall–Kier alpha value is -0.280. The largest absolute Gasteiger partial charge is 0.337 e. The van der Waals surface area contributed by atoms with Crippen LogP contribution < -0.4 is 5.32 Å². The molecule has 14 heavy (non-hydrogen) atoms. The number of carbonyl (C=O) groups is 1. The highest BCUT2D eigenvalue weighted by Crippen LogP contribution is 2.53. The van der Waals surface area contributed by atoms with Gasteiger partial charge in [0.25, 0.3) is 0 Å². The van der Waals surface area contributed by atoms with Crippen LogP contribution in [0.5, 0.6) is 0 Å². The molecule has 0 aromatic rings. The number of piperazine rings is 1. The second-order valence-corrected chi connectivity index (χ2v) is 4.64. The van der Waals surface area contributed by atoms with Crippen LogP contribution in [0.3, 0.4) is 0 Å². The van der Waals surface area contributed by atoms with Crippen LogP contribution >= 0.6 is 12.4 Å². The second kappa shape index (κ2) is 3.70. The van der Waals surface area contributed by atoms with Crippen molar-refractivity contribution in [3.8, 4) is 0 Å². The Kier molecular flexibility index (Phi) is 2.71. The van der Waals surface area contributed by atoms with E-state index >= 15 is 0 Å². The first-order valence-corrected chi connectivity index (χ1v) is 5.35. The first kappa shape index (κ1) is 10.2. The predicted molar refractivity (Wildman–Crippen MR) is 56.4 cm³/mol. The van der Waals surface area contributed by atoms with Gasteiger partial charge in [0, 0.05) is 19.1 Å². The van der Waals surface area contributed by atoms with Gasteiger partial charge >= 0.3 is 0 Å². The van der Waals surface area contributed by atoms with Crippen molar-refractivity contribution in [1.82, 2.24) is 10.2 Å². The standard InChI is InChI=1S/C10H16N2O.ClH/c13-10-6-11-1-2-12(10)9-4-7-3-8(7)5-9;/h7-9,11H,1-6H2;1H/t7-,8+,9?;. The van der Waals surface area contributed by atoms with E-state index in [0.29, 0.717) is 18.5 Å². The van der Waals surface area contributed by atoms with Crippen LogP contribution in [-0.4, -0.2) is 36.5 Å². The molecule has 2 aliphatic carbocycles. The highest BCUT2D eigenvalue weighted by molar-refractivity contribution is 5.85. The number of hydrogen-bond donors (Lipinski definition) is 1. The van der Waals surface area contributed by atoms with Crippen LogP contribution in [0.2, 0.25) is 0 Å². The van der Waals surface area contributed by atoms with E-state index < -0.39 is 0 Å². The van der Waals surface area contributed by atoms with Crippen molar-refractivity contribution in [3.05, 3.63) is 0 Å². The predicted octanol–water partition coefficient (Wildman–Crippen LogP) is 0.638. The summed E-state index contributed by atoms with van der Waals surface area (Å²) in [5.41, 5.74) is 0. The van der Waals surface area contributed by atoms with Gasteiger partial charge < -0.3 is 10.2 Å². The average Bonchev–Trinajstić information content (AvgIpc) is 2.75. The summed E-state index contributed by atoms with van der Waals surface area (Å²) in [6, 6.07) is 0.596. The minimum absolute atomic E-state index is 0. The summed E-state index contributed by atoms with van der Waals surface area (Å²) in [5.74, 6) is 2.28. The molecule has 3 nitrogen and oxygen atoms in total. The number of rotatable bonds is 1. The Balaban J connectivity index is 0.000000750. The quantitative estimate of drug-likeness (QED) is 0.698. The first-order valence-electron chi connectivity index (χ1n) is 5.35. The van der Waals surface area contributed by atoms with Gasteiger partial charge in [-0.15, -0.1) is 12.4 Å². The maximum Gasteiger partial charge on any atom is 0.236 e. The van der Waals surface area contributed by atoms with Crippen molar-refractivity contribution >= 4 is 18.3 Å². The molecule has 3 atom stereocenters. The molecule has 1 heterocycles. The van der Waals surface area contributed by atoms with Crippen molar-refractivity contribution in [2.45, 2.75) is 25.3 Å². The zero-order valence-corrected chi connectivity index (χ0v) is 9.05. The molecule has 3 aliphatic rings. The van der Waals surface area contributed by atoms with Gasteiger partial charge in [-0.2, -0.15) is 0 Å². The maximum absolute atomic E-state index is 11.6. The van der Waals surface area contributed by atoms with Gasteiger partial charge in [0.2, 0.25) is 5.91 Å². The van der Waals surface area contributed by atoms with Crippen LogP contribution in [0.4, 0.5) is 0 Å². The third kappa shape index (κ3) is 1.63. The molecule has 0 aromatic heterocycles. The number of carbonyl (C=O) groups excluding carboxylic acids is 1. The van der Waals surface area contributed by atoms with E-state index in [4.69, 9.17) is 0 Å². The normalized spacial score (nSPS) is 40.4. The molecule has 3 rings (SSSR count). The van der Waals surface area contributed by atoms with E-state index in [-0.39, 0.29) is 12.4 Å². The number of amides is 1. The highest BCUT2D eigenvalue weighted by atomic mass is 35.5. The fourth-order valence-electron chi connectivity index (χ4n) is 2.94. The van der Waals surface area contributed by atoms with E-state index in [1.54, 1.807) is 0 Å². The van der Waals surface area contributed by atoms with Crippen molar-refractivity contribution in [2.24, 2.45) is 11.8 Å². The number of nitrogens with zero attached hydrogens (tertiary/aromatic N) is 1. The number of hydrogen-bond acceptors (Lipinski definition) is 2. The van der Waals surface area contributed by atoms with Crippen molar-refractivity contribution < 1.29 is 4.79 Å². The summed E-state index contributed by atoms with van der Waals surface area (Å²) in [4.78, 5) is 13.7. The molecule has 0 spiro atoms. The van der Waals surface area contributed by atoms with Crippen LogP contribution in [0.25, 0.3) is 0 Å². The van der Waals surface area contributed by atoms with E-state index in [0.717, 1.165) is 24.9 Å². The summed E-state index contributed by atoms with van der Waals surface area (Å²) >= 11 is 0. The average molecular weight is 217 g/mol. The van der Waals surface area contributed by atoms with Gasteiger partial charge in [0.05, 0.1) is 6.54 Å². The first-order chi connectivity index (χ1) is 6.34. The monoisotopic (exact) mass is 216 g/mol. The topological polar surface area (TPSA) is 32.3 Å².